The number of hydrogen-bond donors (Lipinski definition) is 2. The molecular formula is C17H20F4N2O4. The number of carbonyl (C=O) groups is 2. The summed E-state index contributed by atoms with van der Waals surface area (Å²) in [6, 6.07) is 1.83. The van der Waals surface area contributed by atoms with E-state index < -0.39 is 42.8 Å². The van der Waals surface area contributed by atoms with E-state index in [1.165, 1.54) is 6.07 Å². The van der Waals surface area contributed by atoms with Crippen molar-refractivity contribution in [2.45, 2.75) is 50.5 Å². The summed E-state index contributed by atoms with van der Waals surface area (Å²) >= 11 is 0. The van der Waals surface area contributed by atoms with Crippen molar-refractivity contribution in [3.8, 4) is 5.88 Å². The van der Waals surface area contributed by atoms with E-state index in [1.54, 1.807) is 0 Å². The van der Waals surface area contributed by atoms with Crippen molar-refractivity contribution >= 4 is 11.9 Å². The molecule has 0 saturated heterocycles. The lowest BCUT2D eigenvalue weighted by atomic mass is 9.94. The zero-order chi connectivity index (χ0) is 20.0. The van der Waals surface area contributed by atoms with E-state index in [1.807, 2.05) is 0 Å². The lowest BCUT2D eigenvalue weighted by molar-refractivity contribution is -0.148. The van der Waals surface area contributed by atoms with Gasteiger partial charge in [-0.05, 0) is 18.9 Å². The Hall–Kier alpha value is -2.39. The minimum Gasteiger partial charge on any atom is -0.481 e. The summed E-state index contributed by atoms with van der Waals surface area (Å²) in [7, 11) is 0. The van der Waals surface area contributed by atoms with Gasteiger partial charge in [0, 0.05) is 18.3 Å². The molecule has 1 saturated carbocycles. The number of nitrogens with one attached hydrogen (secondary N) is 1. The minimum absolute atomic E-state index is 0.0800. The predicted molar refractivity (Wildman–Crippen MR) is 86.1 cm³/mol. The number of aliphatic carboxylic acids is 1. The molecular weight excluding hydrogens is 372 g/mol. The Labute approximate surface area is 152 Å². The summed E-state index contributed by atoms with van der Waals surface area (Å²) < 4.78 is 54.3. The molecule has 1 aromatic heterocycles. The fourth-order valence-electron chi connectivity index (χ4n) is 2.86. The summed E-state index contributed by atoms with van der Waals surface area (Å²) in [5, 5.41) is 12.0. The van der Waals surface area contributed by atoms with Gasteiger partial charge >= 0.3 is 18.3 Å². The lowest BCUT2D eigenvalue weighted by Gasteiger charge is -2.22. The first-order chi connectivity index (χ1) is 12.7. The Morgan fingerprint density at radius 3 is 2.56 bits per heavy atom. The first-order valence-electron chi connectivity index (χ1n) is 8.49. The highest BCUT2D eigenvalue weighted by molar-refractivity contribution is 5.94. The number of nitrogens with zero attached hydrogens (tertiary/aromatic N) is 1. The van der Waals surface area contributed by atoms with Gasteiger partial charge in [-0.2, -0.15) is 8.78 Å². The highest BCUT2D eigenvalue weighted by Crippen LogP contribution is 2.25. The smallest absolute Gasteiger partial charge is 0.340 e. The van der Waals surface area contributed by atoms with Crippen LogP contribution in [0.1, 0.15) is 42.5 Å². The van der Waals surface area contributed by atoms with Gasteiger partial charge in [0.15, 0.2) is 6.61 Å². The summed E-state index contributed by atoms with van der Waals surface area (Å²) in [6.07, 6.45) is 0.691. The third kappa shape index (κ3) is 5.80. The predicted octanol–water partition coefficient (Wildman–Crippen LogP) is 3.12. The number of carbonyl (C=O) groups excluding carboxylic acids is 1. The van der Waals surface area contributed by atoms with E-state index in [4.69, 9.17) is 0 Å². The zero-order valence-corrected chi connectivity index (χ0v) is 14.3. The number of aromatic nitrogens is 1. The molecule has 1 amide bonds. The van der Waals surface area contributed by atoms with Crippen LogP contribution >= 0.6 is 0 Å². The maximum Gasteiger partial charge on any atom is 0.340 e. The van der Waals surface area contributed by atoms with Crippen LogP contribution in [0.5, 0.6) is 5.88 Å². The molecule has 2 N–H and O–H groups in total. The van der Waals surface area contributed by atoms with Crippen molar-refractivity contribution in [3.05, 3.63) is 23.9 Å². The second kappa shape index (κ2) is 9.01. The molecule has 0 aromatic carbocycles. The zero-order valence-electron chi connectivity index (χ0n) is 14.3. The third-order valence-corrected chi connectivity index (χ3v) is 4.38. The van der Waals surface area contributed by atoms with E-state index in [9.17, 15) is 32.3 Å². The molecule has 150 valence electrons. The number of carboxylic acid groups (broad SMARTS) is 1. The number of ether oxygens (including phenoxy) is 1. The molecule has 0 aliphatic heterocycles. The van der Waals surface area contributed by atoms with Crippen molar-refractivity contribution < 1.29 is 37.0 Å². The number of rotatable bonds is 7. The van der Waals surface area contributed by atoms with Crippen molar-refractivity contribution in [2.24, 2.45) is 5.92 Å². The van der Waals surface area contributed by atoms with Crippen LogP contribution in [-0.2, 0) is 4.79 Å². The van der Waals surface area contributed by atoms with E-state index in [0.717, 1.165) is 31.5 Å². The van der Waals surface area contributed by atoms with Crippen molar-refractivity contribution in [1.82, 2.24) is 10.3 Å². The van der Waals surface area contributed by atoms with Crippen LogP contribution in [0, 0.1) is 5.92 Å². The first-order valence-corrected chi connectivity index (χ1v) is 8.49. The maximum absolute atomic E-state index is 12.8. The molecule has 6 nitrogen and oxygen atoms in total. The number of carboxylic acids is 1. The monoisotopic (exact) mass is 392 g/mol. The normalized spacial score (nSPS) is 20.8. The van der Waals surface area contributed by atoms with Gasteiger partial charge in [-0.1, -0.05) is 19.3 Å². The van der Waals surface area contributed by atoms with Gasteiger partial charge < -0.3 is 15.2 Å². The van der Waals surface area contributed by atoms with E-state index in [-0.39, 0.29) is 11.4 Å². The molecule has 1 aliphatic carbocycles. The standard InChI is InChI=1S/C17H20F4N2O4/c18-16(19)17(20,21)9-27-13-7-6-10(8-22-13)14(24)23-12-5-3-1-2-4-11(12)15(25)26/h6-8,11-12,16H,1-5,9H2,(H,23,24)(H,25,26)/t11-,12+/m1/s1. The van der Waals surface area contributed by atoms with Crippen LogP contribution in [0.15, 0.2) is 18.3 Å². The Bertz CT molecular complexity index is 655. The first kappa shape index (κ1) is 20.9. The topological polar surface area (TPSA) is 88.5 Å². The maximum atomic E-state index is 12.8. The van der Waals surface area contributed by atoms with Crippen LogP contribution in [0.25, 0.3) is 0 Å². The molecule has 10 heteroatoms. The van der Waals surface area contributed by atoms with Gasteiger partial charge in [-0.3, -0.25) is 9.59 Å². The van der Waals surface area contributed by atoms with Gasteiger partial charge in [0.05, 0.1) is 11.5 Å². The minimum atomic E-state index is -4.30. The molecule has 1 aliphatic rings. The summed E-state index contributed by atoms with van der Waals surface area (Å²) in [5.74, 6) is -6.83. The summed E-state index contributed by atoms with van der Waals surface area (Å²) in [6.45, 7) is -1.54. The van der Waals surface area contributed by atoms with Gasteiger partial charge in [0.1, 0.15) is 0 Å². The molecule has 1 fully saturated rings. The molecule has 1 aromatic rings. The largest absolute Gasteiger partial charge is 0.481 e. The van der Waals surface area contributed by atoms with Crippen LogP contribution in [0.4, 0.5) is 17.6 Å². The molecule has 2 rings (SSSR count). The summed E-state index contributed by atoms with van der Waals surface area (Å²) in [4.78, 5) is 27.3. The fraction of sp³-hybridized carbons (Fsp3) is 0.588. The molecule has 2 atom stereocenters. The average molecular weight is 392 g/mol. The Morgan fingerprint density at radius 2 is 1.96 bits per heavy atom. The van der Waals surface area contributed by atoms with Crippen molar-refractivity contribution in [1.29, 1.82) is 0 Å². The van der Waals surface area contributed by atoms with Gasteiger partial charge in [0.25, 0.3) is 5.91 Å². The summed E-state index contributed by atoms with van der Waals surface area (Å²) in [5.41, 5.74) is 0.0800. The number of hydrogen-bond acceptors (Lipinski definition) is 4. The SMILES string of the molecule is O=C(N[C@H]1CCCCC[C@H]1C(=O)O)c1ccc(OCC(F)(F)C(F)F)nc1. The molecule has 0 bridgehead atoms. The van der Waals surface area contributed by atoms with E-state index >= 15 is 0 Å². The number of pyridine rings is 1. The molecule has 27 heavy (non-hydrogen) atoms. The van der Waals surface area contributed by atoms with Crippen LogP contribution in [-0.4, -0.2) is 47.0 Å². The van der Waals surface area contributed by atoms with E-state index in [0.29, 0.717) is 12.8 Å². The van der Waals surface area contributed by atoms with Gasteiger partial charge in [0.2, 0.25) is 5.88 Å². The molecule has 0 unspecified atom stereocenters. The van der Waals surface area contributed by atoms with Gasteiger partial charge in [-0.15, -0.1) is 0 Å². The second-order valence-corrected chi connectivity index (χ2v) is 6.40. The van der Waals surface area contributed by atoms with Crippen LogP contribution in [0.3, 0.4) is 0 Å². The molecule has 0 radical (unpaired) electrons. The highest BCUT2D eigenvalue weighted by atomic mass is 19.3. The average Bonchev–Trinajstić information content (AvgIpc) is 2.86. The van der Waals surface area contributed by atoms with Crippen LogP contribution in [0.2, 0.25) is 0 Å². The second-order valence-electron chi connectivity index (χ2n) is 6.40. The number of halogens is 4. The number of alkyl halides is 4. The quantitative estimate of drug-likeness (QED) is 0.550. The van der Waals surface area contributed by atoms with Gasteiger partial charge in [-0.25, -0.2) is 13.8 Å². The fourth-order valence-corrected chi connectivity index (χ4v) is 2.86. The Balaban J connectivity index is 1.97. The lowest BCUT2D eigenvalue weighted by Crippen LogP contribution is -2.42. The van der Waals surface area contributed by atoms with Crippen molar-refractivity contribution in [3.63, 3.8) is 0 Å². The van der Waals surface area contributed by atoms with Crippen LogP contribution < -0.4 is 10.1 Å². The third-order valence-electron chi connectivity index (χ3n) is 4.38. The number of amides is 1. The Morgan fingerprint density at radius 1 is 1.26 bits per heavy atom. The van der Waals surface area contributed by atoms with E-state index in [2.05, 4.69) is 15.0 Å². The van der Waals surface area contributed by atoms with Crippen molar-refractivity contribution in [2.75, 3.05) is 6.61 Å². The molecule has 1 heterocycles. The highest BCUT2D eigenvalue weighted by Gasteiger charge is 2.41. The Kier molecular flexibility index (Phi) is 6.98. The molecule has 0 spiro atoms.